The molecule has 8 heteroatoms. The summed E-state index contributed by atoms with van der Waals surface area (Å²) in [5.41, 5.74) is 3.88. The molecule has 0 bridgehead atoms. The van der Waals surface area contributed by atoms with Crippen LogP contribution in [0.25, 0.3) is 5.78 Å². The number of carbonyl (C=O) groups excluding carboxylic acids is 1. The van der Waals surface area contributed by atoms with Gasteiger partial charge in [0.05, 0.1) is 5.69 Å². The highest BCUT2D eigenvalue weighted by molar-refractivity contribution is 8.00. The van der Waals surface area contributed by atoms with E-state index in [1.54, 1.807) is 4.52 Å². The van der Waals surface area contributed by atoms with E-state index in [9.17, 15) is 4.79 Å². The molecule has 2 aromatic heterocycles. The number of benzene rings is 1. The lowest BCUT2D eigenvalue weighted by Gasteiger charge is -2.14. The van der Waals surface area contributed by atoms with E-state index in [4.69, 9.17) is 0 Å². The number of nitrogens with zero attached hydrogens (tertiary/aromatic N) is 4. The van der Waals surface area contributed by atoms with Gasteiger partial charge in [0, 0.05) is 28.0 Å². The zero-order valence-corrected chi connectivity index (χ0v) is 19.3. The number of hydrogen-bond acceptors (Lipinski definition) is 6. The van der Waals surface area contributed by atoms with Crippen LogP contribution in [0.5, 0.6) is 0 Å². The Morgan fingerprint density at radius 1 is 1.20 bits per heavy atom. The van der Waals surface area contributed by atoms with Gasteiger partial charge in [-0.25, -0.2) is 9.50 Å². The zero-order valence-electron chi connectivity index (χ0n) is 17.6. The number of nitrogens with one attached hydrogen (secondary N) is 1. The minimum Gasteiger partial charge on any atom is -0.325 e. The van der Waals surface area contributed by atoms with E-state index in [1.165, 1.54) is 42.3 Å². The van der Waals surface area contributed by atoms with Crippen molar-refractivity contribution in [2.75, 3.05) is 11.6 Å². The van der Waals surface area contributed by atoms with Gasteiger partial charge in [-0.2, -0.15) is 4.98 Å². The summed E-state index contributed by atoms with van der Waals surface area (Å²) in [7, 11) is 0. The highest BCUT2D eigenvalue weighted by atomic mass is 32.2. The summed E-state index contributed by atoms with van der Waals surface area (Å²) < 4.78 is 1.78. The third-order valence-corrected chi connectivity index (χ3v) is 7.52. The third kappa shape index (κ3) is 4.64. The fraction of sp³-hybridized carbons (Fsp3) is 0.455. The van der Waals surface area contributed by atoms with Crippen LogP contribution in [0.15, 0.2) is 34.3 Å². The summed E-state index contributed by atoms with van der Waals surface area (Å²) in [4.78, 5) is 22.9. The predicted molar refractivity (Wildman–Crippen MR) is 124 cm³/mol. The molecule has 1 saturated carbocycles. The lowest BCUT2D eigenvalue weighted by molar-refractivity contribution is -0.116. The van der Waals surface area contributed by atoms with Gasteiger partial charge in [0.1, 0.15) is 0 Å². The highest BCUT2D eigenvalue weighted by Gasteiger charge is 2.19. The molecule has 1 fully saturated rings. The summed E-state index contributed by atoms with van der Waals surface area (Å²) in [5, 5.41) is 8.99. The van der Waals surface area contributed by atoms with E-state index in [0.717, 1.165) is 22.6 Å². The Bertz CT molecular complexity index is 1060. The average Bonchev–Trinajstić information content (AvgIpc) is 3.39. The van der Waals surface area contributed by atoms with Gasteiger partial charge in [-0.05, 0) is 57.1 Å². The molecule has 1 aliphatic rings. The number of aromatic nitrogens is 4. The number of thioether (sulfide) groups is 2. The molecule has 0 radical (unpaired) electrons. The lowest BCUT2D eigenvalue weighted by atomic mass is 10.1. The molecule has 0 spiro atoms. The first-order chi connectivity index (χ1) is 14.5. The summed E-state index contributed by atoms with van der Waals surface area (Å²) in [6.45, 7) is 3.99. The quantitative estimate of drug-likeness (QED) is 0.516. The first-order valence-electron chi connectivity index (χ1n) is 10.4. The van der Waals surface area contributed by atoms with Crippen LogP contribution in [0.1, 0.15) is 49.1 Å². The topological polar surface area (TPSA) is 72.2 Å². The Balaban J connectivity index is 1.44. The molecule has 2 heterocycles. The smallest absolute Gasteiger partial charge is 0.253 e. The van der Waals surface area contributed by atoms with E-state index in [0.29, 0.717) is 29.0 Å². The van der Waals surface area contributed by atoms with E-state index >= 15 is 0 Å². The number of aryl methyl sites for hydroxylation is 2. The van der Waals surface area contributed by atoms with Crippen LogP contribution in [0, 0.1) is 13.8 Å². The van der Waals surface area contributed by atoms with Crippen molar-refractivity contribution in [3.8, 4) is 0 Å². The van der Waals surface area contributed by atoms with E-state index in [-0.39, 0.29) is 5.91 Å². The van der Waals surface area contributed by atoms with Crippen molar-refractivity contribution in [3.05, 3.63) is 41.2 Å². The van der Waals surface area contributed by atoms with Gasteiger partial charge in [-0.3, -0.25) is 4.79 Å². The van der Waals surface area contributed by atoms with Gasteiger partial charge in [-0.15, -0.1) is 16.9 Å². The summed E-state index contributed by atoms with van der Waals surface area (Å²) >= 11 is 3.40. The number of para-hydroxylation sites is 1. The summed E-state index contributed by atoms with van der Waals surface area (Å²) in [6.07, 6.45) is 8.13. The van der Waals surface area contributed by atoms with E-state index in [2.05, 4.69) is 26.4 Å². The zero-order chi connectivity index (χ0) is 21.1. The Morgan fingerprint density at radius 2 is 1.97 bits per heavy atom. The highest BCUT2D eigenvalue weighted by Crippen LogP contribution is 2.38. The monoisotopic (exact) mass is 441 g/mol. The maximum atomic E-state index is 12.7. The van der Waals surface area contributed by atoms with Crippen molar-refractivity contribution in [2.24, 2.45) is 0 Å². The Hall–Kier alpha value is -2.06. The second-order valence-electron chi connectivity index (χ2n) is 7.64. The van der Waals surface area contributed by atoms with Crippen molar-refractivity contribution in [3.63, 3.8) is 0 Å². The molecule has 1 aliphatic carbocycles. The number of carbonyl (C=O) groups is 1. The van der Waals surface area contributed by atoms with Gasteiger partial charge in [0.25, 0.3) is 5.78 Å². The average molecular weight is 442 g/mol. The second-order valence-corrected chi connectivity index (χ2v) is 9.76. The van der Waals surface area contributed by atoms with Crippen molar-refractivity contribution in [1.82, 2.24) is 19.6 Å². The Morgan fingerprint density at radius 3 is 2.73 bits per heavy atom. The van der Waals surface area contributed by atoms with Crippen LogP contribution in [-0.2, 0) is 11.2 Å². The fourth-order valence-corrected chi connectivity index (χ4v) is 5.62. The van der Waals surface area contributed by atoms with Crippen LogP contribution in [0.2, 0.25) is 0 Å². The molecule has 1 aromatic carbocycles. The van der Waals surface area contributed by atoms with Crippen molar-refractivity contribution in [1.29, 1.82) is 0 Å². The first kappa shape index (κ1) is 21.2. The van der Waals surface area contributed by atoms with Crippen LogP contribution in [0.3, 0.4) is 0 Å². The molecule has 1 amide bonds. The molecule has 0 aliphatic heterocycles. The van der Waals surface area contributed by atoms with Gasteiger partial charge < -0.3 is 5.32 Å². The normalized spacial score (nSPS) is 14.5. The maximum absolute atomic E-state index is 12.7. The number of hydrogen-bond donors (Lipinski definition) is 1. The Labute approximate surface area is 185 Å². The van der Waals surface area contributed by atoms with Gasteiger partial charge in [0.2, 0.25) is 11.1 Å². The molecule has 6 nitrogen and oxygen atoms in total. The van der Waals surface area contributed by atoms with Crippen LogP contribution < -0.4 is 5.32 Å². The molecular formula is C22H27N5OS2. The van der Waals surface area contributed by atoms with Gasteiger partial charge in [0.15, 0.2) is 0 Å². The standard InChI is InChI=1S/C22H27N5OS2/c1-14-17(15(2)27-21(23-14)25-22(26-27)29-3)12-13-20(28)24-18-10-6-7-11-19(18)30-16-8-4-5-9-16/h6-7,10-11,16H,4-5,8-9,12-13H2,1-3H3,(H,24,28). The number of amides is 1. The minimum absolute atomic E-state index is 0.0248. The van der Waals surface area contributed by atoms with E-state index < -0.39 is 0 Å². The molecule has 158 valence electrons. The van der Waals surface area contributed by atoms with Crippen molar-refractivity contribution < 1.29 is 4.79 Å². The van der Waals surface area contributed by atoms with Crippen LogP contribution in [0.4, 0.5) is 5.69 Å². The lowest BCUT2D eigenvalue weighted by Crippen LogP contribution is -2.15. The van der Waals surface area contributed by atoms with Crippen LogP contribution in [-0.4, -0.2) is 37.0 Å². The predicted octanol–water partition coefficient (Wildman–Crippen LogP) is 5.07. The molecule has 4 rings (SSSR count). The summed E-state index contributed by atoms with van der Waals surface area (Å²) in [6, 6.07) is 8.13. The van der Waals surface area contributed by atoms with E-state index in [1.807, 2.05) is 50.1 Å². The maximum Gasteiger partial charge on any atom is 0.253 e. The van der Waals surface area contributed by atoms with Crippen molar-refractivity contribution in [2.45, 2.75) is 67.7 Å². The van der Waals surface area contributed by atoms with Crippen LogP contribution >= 0.6 is 23.5 Å². The summed E-state index contributed by atoms with van der Waals surface area (Å²) in [5.74, 6) is 0.636. The molecule has 0 saturated heterocycles. The SMILES string of the molecule is CSc1nc2nc(C)c(CCC(=O)Nc3ccccc3SC3CCCC3)c(C)n2n1. The third-order valence-electron chi connectivity index (χ3n) is 5.57. The largest absolute Gasteiger partial charge is 0.325 e. The number of anilines is 1. The first-order valence-corrected chi connectivity index (χ1v) is 12.5. The number of rotatable bonds is 7. The molecule has 3 aromatic rings. The second kappa shape index (κ2) is 9.39. The minimum atomic E-state index is 0.0248. The van der Waals surface area contributed by atoms with Crippen molar-refractivity contribution >= 4 is 40.9 Å². The fourth-order valence-electron chi connectivity index (χ4n) is 3.95. The van der Waals surface area contributed by atoms with Gasteiger partial charge in [-0.1, -0.05) is 36.7 Å². The number of fused-ring (bicyclic) bond motifs is 1. The molecule has 1 N–H and O–H groups in total. The van der Waals surface area contributed by atoms with Gasteiger partial charge >= 0.3 is 0 Å². The molecule has 30 heavy (non-hydrogen) atoms. The molecular weight excluding hydrogens is 414 g/mol. The molecule has 0 unspecified atom stereocenters. The Kier molecular flexibility index (Phi) is 6.63. The molecule has 0 atom stereocenters.